The Balaban J connectivity index is 1.95. The Morgan fingerprint density at radius 3 is 2.38 bits per heavy atom. The third-order valence-corrected chi connectivity index (χ3v) is 6.52. The molecule has 0 aliphatic rings. The molecule has 0 fully saturated rings. The van der Waals surface area contributed by atoms with Gasteiger partial charge in [0.25, 0.3) is 0 Å². The average Bonchev–Trinajstić information content (AvgIpc) is 3.09. The molecule has 0 radical (unpaired) electrons. The molecule has 0 aliphatic heterocycles. The second-order valence-electron chi connectivity index (χ2n) is 6.83. The Morgan fingerprint density at radius 1 is 1.06 bits per heavy atom. The van der Waals surface area contributed by atoms with Gasteiger partial charge in [0.2, 0.25) is 0 Å². The molecule has 0 unspecified atom stereocenters. The molecule has 3 aromatic heterocycles. The number of halogens is 3. The van der Waals surface area contributed by atoms with Crippen molar-refractivity contribution in [3.8, 4) is 22.7 Å². The van der Waals surface area contributed by atoms with Crippen molar-refractivity contribution in [2.45, 2.75) is 18.0 Å². The molecule has 0 spiro atoms. The number of fused-ring (bicyclic) bond motifs is 1. The lowest BCUT2D eigenvalue weighted by molar-refractivity contribution is -0.137. The van der Waals surface area contributed by atoms with Crippen molar-refractivity contribution in [2.24, 2.45) is 0 Å². The van der Waals surface area contributed by atoms with Crippen LogP contribution < -0.4 is 5.69 Å². The zero-order valence-corrected chi connectivity index (χ0v) is 17.2. The van der Waals surface area contributed by atoms with E-state index in [1.807, 2.05) is 0 Å². The van der Waals surface area contributed by atoms with Gasteiger partial charge in [-0.15, -0.1) is 5.10 Å². The monoisotopic (exact) mass is 464 g/mol. The van der Waals surface area contributed by atoms with Crippen molar-refractivity contribution in [1.29, 1.82) is 0 Å². The zero-order valence-electron chi connectivity index (χ0n) is 16.4. The fraction of sp³-hybridized carbons (Fsp3) is 0.150. The van der Waals surface area contributed by atoms with Crippen LogP contribution in [0.4, 0.5) is 13.2 Å². The van der Waals surface area contributed by atoms with E-state index in [1.54, 1.807) is 12.1 Å². The molecule has 1 N–H and O–H groups in total. The Kier molecular flexibility index (Phi) is 5.04. The quantitative estimate of drug-likeness (QED) is 0.498. The van der Waals surface area contributed by atoms with Crippen molar-refractivity contribution in [2.75, 3.05) is 5.75 Å². The number of phenolic OH excluding ortho intramolecular Hbond substituents is 1. The van der Waals surface area contributed by atoms with E-state index in [0.29, 0.717) is 26.4 Å². The summed E-state index contributed by atoms with van der Waals surface area (Å²) < 4.78 is 66.0. The number of benzene rings is 1. The highest BCUT2D eigenvalue weighted by Crippen LogP contribution is 2.30. The predicted octanol–water partition coefficient (Wildman–Crippen LogP) is 3.07. The highest BCUT2D eigenvalue weighted by Gasteiger charge is 2.31. The van der Waals surface area contributed by atoms with E-state index in [-0.39, 0.29) is 27.9 Å². The summed E-state index contributed by atoms with van der Waals surface area (Å²) in [5.41, 5.74) is -1.19. The van der Waals surface area contributed by atoms with E-state index in [4.69, 9.17) is 0 Å². The lowest BCUT2D eigenvalue weighted by Crippen LogP contribution is -2.23. The molecule has 0 amide bonds. The summed E-state index contributed by atoms with van der Waals surface area (Å²) in [7, 11) is -3.90. The van der Waals surface area contributed by atoms with Gasteiger partial charge in [-0.1, -0.05) is 19.1 Å². The number of nitrogens with zero attached hydrogens (tertiary/aromatic N) is 4. The van der Waals surface area contributed by atoms with Crippen LogP contribution in [0, 0.1) is 0 Å². The number of rotatable bonds is 4. The van der Waals surface area contributed by atoms with Gasteiger partial charge in [0.1, 0.15) is 10.6 Å². The van der Waals surface area contributed by atoms with E-state index in [2.05, 4.69) is 10.1 Å². The summed E-state index contributed by atoms with van der Waals surface area (Å²) in [6, 6.07) is 9.06. The molecule has 4 rings (SSSR count). The van der Waals surface area contributed by atoms with Gasteiger partial charge in [0.05, 0.1) is 11.3 Å². The minimum atomic E-state index is -4.67. The fourth-order valence-electron chi connectivity index (χ4n) is 3.07. The van der Waals surface area contributed by atoms with Crippen molar-refractivity contribution in [3.05, 3.63) is 70.9 Å². The third kappa shape index (κ3) is 3.73. The van der Waals surface area contributed by atoms with Gasteiger partial charge >= 0.3 is 11.9 Å². The van der Waals surface area contributed by atoms with Crippen LogP contribution in [-0.4, -0.2) is 38.4 Å². The molecule has 0 aliphatic carbocycles. The first-order valence-corrected chi connectivity index (χ1v) is 10.9. The minimum absolute atomic E-state index is 0.0224. The van der Waals surface area contributed by atoms with Crippen LogP contribution in [-0.2, 0) is 16.0 Å². The van der Waals surface area contributed by atoms with Gasteiger partial charge in [0, 0.05) is 18.0 Å². The highest BCUT2D eigenvalue weighted by atomic mass is 32.2. The van der Waals surface area contributed by atoms with Gasteiger partial charge in [0.15, 0.2) is 21.3 Å². The number of hydrogen-bond donors (Lipinski definition) is 1. The van der Waals surface area contributed by atoms with Crippen LogP contribution in [0.25, 0.3) is 22.6 Å². The molecule has 166 valence electrons. The molecule has 12 heteroatoms. The number of alkyl halides is 3. The summed E-state index contributed by atoms with van der Waals surface area (Å²) in [6.45, 7) is 1.41. The molecule has 3 heterocycles. The third-order valence-electron chi connectivity index (χ3n) is 4.79. The van der Waals surface area contributed by atoms with Crippen molar-refractivity contribution in [1.82, 2.24) is 19.2 Å². The molecule has 8 nitrogen and oxygen atoms in total. The molecule has 0 saturated heterocycles. The number of pyridine rings is 2. The van der Waals surface area contributed by atoms with E-state index in [1.165, 1.54) is 31.3 Å². The maximum Gasteiger partial charge on any atom is 0.417 e. The summed E-state index contributed by atoms with van der Waals surface area (Å²) in [6.07, 6.45) is -2.76. The van der Waals surface area contributed by atoms with Crippen LogP contribution in [0.3, 0.4) is 0 Å². The van der Waals surface area contributed by atoms with Gasteiger partial charge in [-0.2, -0.15) is 17.9 Å². The molecule has 0 saturated carbocycles. The standard InChI is InChI=1S/C20H15F3N4O4S/c1-2-32(30,31)16-9-13(12-3-6-15(28)7-4-12)10-24-18(16)27-19(29)26-11-14(20(21,22)23)5-8-17(26)25-27/h3-11,28H,2H2,1H3. The molecule has 1 aromatic carbocycles. The molecular formula is C20H15F3N4O4S. The number of aromatic hydroxyl groups is 1. The first-order valence-electron chi connectivity index (χ1n) is 9.22. The van der Waals surface area contributed by atoms with Gasteiger partial charge in [-0.25, -0.2) is 22.6 Å². The summed E-state index contributed by atoms with van der Waals surface area (Å²) in [5, 5.41) is 13.4. The molecule has 0 bridgehead atoms. The first kappa shape index (κ1) is 21.6. The molecule has 0 atom stereocenters. The van der Waals surface area contributed by atoms with Gasteiger partial charge in [-0.3, -0.25) is 0 Å². The number of hydrogen-bond acceptors (Lipinski definition) is 6. The molecular weight excluding hydrogens is 449 g/mol. The van der Waals surface area contributed by atoms with Crippen LogP contribution >= 0.6 is 0 Å². The largest absolute Gasteiger partial charge is 0.508 e. The molecule has 32 heavy (non-hydrogen) atoms. The average molecular weight is 464 g/mol. The maximum atomic E-state index is 13.0. The normalized spacial score (nSPS) is 12.4. The van der Waals surface area contributed by atoms with Gasteiger partial charge < -0.3 is 5.11 Å². The van der Waals surface area contributed by atoms with Crippen LogP contribution in [0.5, 0.6) is 5.75 Å². The summed E-state index contributed by atoms with van der Waals surface area (Å²) in [5.74, 6) is -0.605. The SMILES string of the molecule is CCS(=O)(=O)c1cc(-c2ccc(O)cc2)cnc1-n1nc2ccc(C(F)(F)F)cn2c1=O. The smallest absolute Gasteiger partial charge is 0.417 e. The molecule has 4 aromatic rings. The summed E-state index contributed by atoms with van der Waals surface area (Å²) >= 11 is 0. The number of phenols is 1. The topological polar surface area (TPSA) is 107 Å². The Bertz CT molecular complexity index is 1490. The van der Waals surface area contributed by atoms with E-state index in [0.717, 1.165) is 12.1 Å². The number of aromatic nitrogens is 4. The van der Waals surface area contributed by atoms with Gasteiger partial charge in [-0.05, 0) is 35.9 Å². The second-order valence-corrected chi connectivity index (χ2v) is 9.08. The van der Waals surface area contributed by atoms with Crippen LogP contribution in [0.2, 0.25) is 0 Å². The first-order chi connectivity index (χ1) is 15.0. The summed E-state index contributed by atoms with van der Waals surface area (Å²) in [4.78, 5) is 16.6. The minimum Gasteiger partial charge on any atom is -0.508 e. The Hall–Kier alpha value is -3.67. The maximum absolute atomic E-state index is 13.0. The van der Waals surface area contributed by atoms with Crippen molar-refractivity contribution >= 4 is 15.5 Å². The fourth-order valence-corrected chi connectivity index (χ4v) is 4.11. The lowest BCUT2D eigenvalue weighted by atomic mass is 10.1. The van der Waals surface area contributed by atoms with Crippen LogP contribution in [0.15, 0.2) is 64.5 Å². The van der Waals surface area contributed by atoms with E-state index >= 15 is 0 Å². The van der Waals surface area contributed by atoms with E-state index < -0.39 is 27.3 Å². The lowest BCUT2D eigenvalue weighted by Gasteiger charge is -2.10. The second kappa shape index (κ2) is 7.48. The van der Waals surface area contributed by atoms with Crippen molar-refractivity contribution < 1.29 is 26.7 Å². The Labute approximate surface area is 179 Å². The highest BCUT2D eigenvalue weighted by molar-refractivity contribution is 7.91. The zero-order chi connectivity index (χ0) is 23.3. The van der Waals surface area contributed by atoms with Crippen LogP contribution in [0.1, 0.15) is 12.5 Å². The predicted molar refractivity (Wildman–Crippen MR) is 108 cm³/mol. The van der Waals surface area contributed by atoms with E-state index in [9.17, 15) is 31.5 Å². The Morgan fingerprint density at radius 2 is 1.75 bits per heavy atom. The van der Waals surface area contributed by atoms with Crippen molar-refractivity contribution in [3.63, 3.8) is 0 Å². The number of sulfone groups is 1.